The number of methoxy groups -OCH3 is 1. The first-order valence-corrected chi connectivity index (χ1v) is 13.8. The predicted molar refractivity (Wildman–Crippen MR) is 164 cm³/mol. The number of hydrogen-bond acceptors (Lipinski definition) is 7. The molecule has 0 saturated carbocycles. The third-order valence-corrected chi connectivity index (χ3v) is 6.73. The molecule has 218 valence electrons. The summed E-state index contributed by atoms with van der Waals surface area (Å²) in [4.78, 5) is 43.6. The smallest absolute Gasteiger partial charge is 0.411 e. The topological polar surface area (TPSA) is 127 Å². The molecule has 10 heteroatoms. The molecule has 4 aromatic rings. The summed E-state index contributed by atoms with van der Waals surface area (Å²) in [6.07, 6.45) is 2.39. The molecule has 0 radical (unpaired) electrons. The second-order valence-corrected chi connectivity index (χ2v) is 9.32. The van der Waals surface area contributed by atoms with Crippen molar-refractivity contribution in [1.82, 2.24) is 9.78 Å². The van der Waals surface area contributed by atoms with Gasteiger partial charge in [-0.25, -0.2) is 14.3 Å². The van der Waals surface area contributed by atoms with Crippen molar-refractivity contribution in [3.05, 3.63) is 106 Å². The first kappa shape index (κ1) is 29.9. The lowest BCUT2D eigenvalue weighted by molar-refractivity contribution is -0.144. The number of carbonyl (C=O) groups excluding carboxylic acids is 2. The predicted octanol–water partition coefficient (Wildman–Crippen LogP) is 5.94. The van der Waals surface area contributed by atoms with Crippen molar-refractivity contribution in [2.45, 2.75) is 39.7 Å². The van der Waals surface area contributed by atoms with Gasteiger partial charge in [-0.1, -0.05) is 50.2 Å². The summed E-state index contributed by atoms with van der Waals surface area (Å²) >= 11 is 0. The molecule has 3 aromatic carbocycles. The molecule has 1 unspecified atom stereocenters. The number of benzene rings is 3. The summed E-state index contributed by atoms with van der Waals surface area (Å²) in [6, 6.07) is 21.0. The molecule has 4 rings (SSSR count). The average molecular weight is 570 g/mol. The Morgan fingerprint density at radius 1 is 0.952 bits per heavy atom. The van der Waals surface area contributed by atoms with Crippen LogP contribution in [0, 0.1) is 0 Å². The molecule has 0 aliphatic rings. The number of aromatic amines is 1. The highest BCUT2D eigenvalue weighted by atomic mass is 16.5. The number of nitrogens with one attached hydrogen (secondary N) is 3. The van der Waals surface area contributed by atoms with Crippen LogP contribution in [0.15, 0.2) is 82.6 Å². The van der Waals surface area contributed by atoms with Crippen LogP contribution in [0.3, 0.4) is 0 Å². The van der Waals surface area contributed by atoms with Crippen LogP contribution in [-0.2, 0) is 27.1 Å². The van der Waals surface area contributed by atoms with Crippen LogP contribution in [0.25, 0.3) is 5.69 Å². The third-order valence-electron chi connectivity index (χ3n) is 6.73. The largest absolute Gasteiger partial charge is 0.464 e. The van der Waals surface area contributed by atoms with Gasteiger partial charge in [0.05, 0.1) is 36.3 Å². The summed E-state index contributed by atoms with van der Waals surface area (Å²) in [5, 5.41) is 9.03. The number of carbonyl (C=O) groups is 2. The van der Waals surface area contributed by atoms with Crippen LogP contribution in [0.5, 0.6) is 0 Å². The zero-order valence-electron chi connectivity index (χ0n) is 24.1. The first-order chi connectivity index (χ1) is 20.4. The molecule has 0 spiro atoms. The molecule has 1 heterocycles. The highest BCUT2D eigenvalue weighted by molar-refractivity contribution is 5.89. The Kier molecular flexibility index (Phi) is 9.94. The minimum atomic E-state index is -1.03. The summed E-state index contributed by atoms with van der Waals surface area (Å²) < 4.78 is 11.4. The van der Waals surface area contributed by atoms with Crippen LogP contribution < -0.4 is 16.2 Å². The molecule has 0 saturated heterocycles. The number of amides is 1. The Morgan fingerprint density at radius 2 is 1.62 bits per heavy atom. The number of hydrogen-bond donors (Lipinski definition) is 3. The van der Waals surface area contributed by atoms with Gasteiger partial charge in [-0.15, -0.1) is 0 Å². The average Bonchev–Trinajstić information content (AvgIpc) is 3.34. The van der Waals surface area contributed by atoms with E-state index in [2.05, 4.69) is 25.5 Å². The second-order valence-electron chi connectivity index (χ2n) is 9.32. The molecule has 1 amide bonds. The second kappa shape index (κ2) is 14.0. The normalized spacial score (nSPS) is 11.7. The van der Waals surface area contributed by atoms with Gasteiger partial charge in [-0.2, -0.15) is 0 Å². The number of H-pyrrole nitrogens is 1. The van der Waals surface area contributed by atoms with Crippen LogP contribution >= 0.6 is 0 Å². The summed E-state index contributed by atoms with van der Waals surface area (Å²) in [5.74, 6) is -0.543. The fourth-order valence-electron chi connectivity index (χ4n) is 4.53. The summed E-state index contributed by atoms with van der Waals surface area (Å²) in [5.41, 5.74) is 4.60. The zero-order valence-corrected chi connectivity index (χ0v) is 24.1. The van der Waals surface area contributed by atoms with Gasteiger partial charge in [0.15, 0.2) is 6.04 Å². The van der Waals surface area contributed by atoms with E-state index in [1.165, 1.54) is 18.0 Å². The van der Waals surface area contributed by atoms with Crippen molar-refractivity contribution >= 4 is 35.3 Å². The number of aromatic nitrogens is 2. The molecular formula is C32H35N5O5. The highest BCUT2D eigenvalue weighted by Gasteiger charge is 2.29. The van der Waals surface area contributed by atoms with Crippen LogP contribution in [0.2, 0.25) is 0 Å². The van der Waals surface area contributed by atoms with Gasteiger partial charge in [0.2, 0.25) is 0 Å². The zero-order chi connectivity index (χ0) is 30.1. The number of nitrogens with zero attached hydrogens (tertiary/aromatic N) is 2. The monoisotopic (exact) mass is 569 g/mol. The van der Waals surface area contributed by atoms with Gasteiger partial charge in [-0.05, 0) is 67.3 Å². The van der Waals surface area contributed by atoms with E-state index in [0.29, 0.717) is 17.1 Å². The minimum absolute atomic E-state index is 0.166. The van der Waals surface area contributed by atoms with E-state index in [4.69, 9.17) is 4.74 Å². The molecule has 42 heavy (non-hydrogen) atoms. The van der Waals surface area contributed by atoms with Crippen molar-refractivity contribution in [2.24, 2.45) is 4.99 Å². The van der Waals surface area contributed by atoms with E-state index in [9.17, 15) is 14.4 Å². The number of ether oxygens (including phenoxy) is 2. The summed E-state index contributed by atoms with van der Waals surface area (Å²) in [6.45, 7) is 5.96. The highest BCUT2D eigenvalue weighted by Crippen LogP contribution is 2.26. The van der Waals surface area contributed by atoms with Crippen molar-refractivity contribution in [1.29, 1.82) is 0 Å². The molecule has 0 aliphatic heterocycles. The number of anilines is 2. The van der Waals surface area contributed by atoms with Gasteiger partial charge in [0.1, 0.15) is 0 Å². The lowest BCUT2D eigenvalue weighted by Crippen LogP contribution is -2.26. The maximum absolute atomic E-state index is 13.9. The molecule has 0 fully saturated rings. The Bertz CT molecular complexity index is 1620. The van der Waals surface area contributed by atoms with E-state index >= 15 is 0 Å². The maximum Gasteiger partial charge on any atom is 0.411 e. The van der Waals surface area contributed by atoms with Crippen molar-refractivity contribution < 1.29 is 19.1 Å². The molecule has 10 nitrogen and oxygen atoms in total. The fraction of sp³-hybridized carbons (Fsp3) is 0.250. The molecule has 3 N–H and O–H groups in total. The summed E-state index contributed by atoms with van der Waals surface area (Å²) in [7, 11) is 1.28. The van der Waals surface area contributed by atoms with Crippen molar-refractivity contribution in [3.8, 4) is 5.69 Å². The van der Waals surface area contributed by atoms with Crippen LogP contribution in [0.4, 0.5) is 21.9 Å². The van der Waals surface area contributed by atoms with E-state index < -0.39 is 23.7 Å². The Morgan fingerprint density at radius 3 is 2.29 bits per heavy atom. The standard InChI is InChI=1S/C32H35N5O5/c1-5-21-12-8-10-14-26(21)33-20-25-28(29(31(39)42-7-3)35-27-15-11-9-13-22(27)6-2)36-37(30(25)38)24-18-16-23(17-19-24)34-32(40)41-4/h8-20,29,35-36H,5-7H2,1-4H3,(H,34,40). The van der Waals surface area contributed by atoms with Gasteiger partial charge in [0.25, 0.3) is 5.56 Å². The SMILES string of the molecule is CCOC(=O)C(Nc1ccccc1CC)c1[nH]n(-c2ccc(NC(=O)OC)cc2)c(=O)c1C=Nc1ccccc1CC. The van der Waals surface area contributed by atoms with Crippen LogP contribution in [-0.4, -0.2) is 41.8 Å². The van der Waals surface area contributed by atoms with Gasteiger partial charge in [0, 0.05) is 17.6 Å². The van der Waals surface area contributed by atoms with Gasteiger partial charge in [-0.3, -0.25) is 20.2 Å². The Labute approximate surface area is 244 Å². The lowest BCUT2D eigenvalue weighted by Gasteiger charge is -2.20. The van der Waals surface area contributed by atoms with E-state index in [-0.39, 0.29) is 12.2 Å². The number of aliphatic imine (C=N–C) groups is 1. The number of rotatable bonds is 11. The molecule has 0 bridgehead atoms. The third kappa shape index (κ3) is 6.77. The van der Waals surface area contributed by atoms with E-state index in [0.717, 1.165) is 35.3 Å². The maximum atomic E-state index is 13.9. The molecule has 1 atom stereocenters. The lowest BCUT2D eigenvalue weighted by atomic mass is 10.1. The fourth-order valence-corrected chi connectivity index (χ4v) is 4.53. The van der Waals surface area contributed by atoms with Crippen molar-refractivity contribution in [3.63, 3.8) is 0 Å². The van der Waals surface area contributed by atoms with Gasteiger partial charge < -0.3 is 14.8 Å². The number of aryl methyl sites for hydroxylation is 2. The first-order valence-electron chi connectivity index (χ1n) is 13.8. The van der Waals surface area contributed by atoms with E-state index in [1.807, 2.05) is 62.4 Å². The molecular weight excluding hydrogens is 534 g/mol. The molecule has 0 aliphatic carbocycles. The van der Waals surface area contributed by atoms with Crippen LogP contribution in [0.1, 0.15) is 49.2 Å². The van der Waals surface area contributed by atoms with Gasteiger partial charge >= 0.3 is 12.1 Å². The number of esters is 1. The number of para-hydroxylation sites is 2. The quantitative estimate of drug-likeness (QED) is 0.152. The van der Waals surface area contributed by atoms with E-state index in [1.54, 1.807) is 31.2 Å². The minimum Gasteiger partial charge on any atom is -0.464 e. The Hall–Kier alpha value is -5.12. The van der Waals surface area contributed by atoms with Crippen molar-refractivity contribution in [2.75, 3.05) is 24.4 Å². The Balaban J connectivity index is 1.86. The molecule has 1 aromatic heterocycles.